The van der Waals surface area contributed by atoms with E-state index in [-0.39, 0.29) is 6.10 Å². The lowest BCUT2D eigenvalue weighted by atomic mass is 9.91. The Kier molecular flexibility index (Phi) is 4.28. The molecule has 1 N–H and O–H groups in total. The van der Waals surface area contributed by atoms with Crippen LogP contribution in [0, 0.1) is 5.92 Å². The van der Waals surface area contributed by atoms with Crippen LogP contribution in [0.5, 0.6) is 0 Å². The highest BCUT2D eigenvalue weighted by Crippen LogP contribution is 2.29. The van der Waals surface area contributed by atoms with Gasteiger partial charge in [-0.25, -0.2) is 0 Å². The van der Waals surface area contributed by atoms with Gasteiger partial charge >= 0.3 is 0 Å². The molecule has 1 aromatic carbocycles. The predicted octanol–water partition coefficient (Wildman–Crippen LogP) is 3.75. The largest absolute Gasteiger partial charge is 0.388 e. The van der Waals surface area contributed by atoms with Crippen molar-refractivity contribution >= 4 is 5.69 Å². The monoisotopic (exact) mass is 247 g/mol. The average Bonchev–Trinajstić information content (AvgIpc) is 2.41. The zero-order chi connectivity index (χ0) is 13.1. The number of hydrogen-bond donors (Lipinski definition) is 1. The zero-order valence-corrected chi connectivity index (χ0v) is 11.8. The fourth-order valence-electron chi connectivity index (χ4n) is 2.82. The van der Waals surface area contributed by atoms with Crippen molar-refractivity contribution in [2.75, 3.05) is 11.4 Å². The summed E-state index contributed by atoms with van der Waals surface area (Å²) < 4.78 is 0. The molecule has 2 nitrogen and oxygen atoms in total. The van der Waals surface area contributed by atoms with Crippen LogP contribution in [0.1, 0.15) is 51.7 Å². The molecule has 0 spiro atoms. The van der Waals surface area contributed by atoms with Crippen molar-refractivity contribution in [3.63, 3.8) is 0 Å². The summed E-state index contributed by atoms with van der Waals surface area (Å²) in [4.78, 5) is 2.50. The summed E-state index contributed by atoms with van der Waals surface area (Å²) in [5.41, 5.74) is 2.32. The lowest BCUT2D eigenvalue weighted by Crippen LogP contribution is -2.42. The van der Waals surface area contributed by atoms with Gasteiger partial charge in [-0.3, -0.25) is 0 Å². The van der Waals surface area contributed by atoms with E-state index in [1.807, 2.05) is 6.92 Å². The van der Waals surface area contributed by atoms with Crippen LogP contribution in [0.4, 0.5) is 5.69 Å². The Morgan fingerprint density at radius 3 is 2.56 bits per heavy atom. The molecule has 0 radical (unpaired) electrons. The van der Waals surface area contributed by atoms with E-state index in [4.69, 9.17) is 0 Å². The fraction of sp³-hybridized carbons (Fsp3) is 0.625. The minimum Gasteiger partial charge on any atom is -0.388 e. The summed E-state index contributed by atoms with van der Waals surface area (Å²) in [6.07, 6.45) is 3.07. The normalized spacial score (nSPS) is 26.1. The first-order valence-electron chi connectivity index (χ1n) is 7.18. The maximum Gasteiger partial charge on any atom is 0.0787 e. The van der Waals surface area contributed by atoms with Crippen molar-refractivity contribution in [3.8, 4) is 0 Å². The zero-order valence-electron chi connectivity index (χ0n) is 11.8. The van der Waals surface area contributed by atoms with E-state index in [9.17, 15) is 5.11 Å². The molecule has 1 fully saturated rings. The average molecular weight is 247 g/mol. The quantitative estimate of drug-likeness (QED) is 0.879. The molecule has 1 heterocycles. The number of piperidine rings is 1. The smallest absolute Gasteiger partial charge is 0.0787 e. The number of aliphatic hydroxyl groups is 1. The van der Waals surface area contributed by atoms with Crippen LogP contribution in [-0.4, -0.2) is 17.7 Å². The minimum atomic E-state index is -0.322. The van der Waals surface area contributed by atoms with E-state index >= 15 is 0 Å². The van der Waals surface area contributed by atoms with Gasteiger partial charge in [0.2, 0.25) is 0 Å². The second-order valence-electron chi connectivity index (χ2n) is 5.57. The van der Waals surface area contributed by atoms with Gasteiger partial charge in [0.25, 0.3) is 0 Å². The van der Waals surface area contributed by atoms with Crippen LogP contribution in [0.25, 0.3) is 0 Å². The Hall–Kier alpha value is -1.02. The standard InChI is InChI=1S/C16H25NO/c1-4-16(18)14-7-9-15(10-8-14)17-11-5-6-12(2)13(17)3/h7-10,12-13,16,18H,4-6,11H2,1-3H3. The Morgan fingerprint density at radius 2 is 1.94 bits per heavy atom. The van der Waals surface area contributed by atoms with Crippen LogP contribution in [0.2, 0.25) is 0 Å². The first-order valence-corrected chi connectivity index (χ1v) is 7.18. The molecule has 1 aliphatic heterocycles. The number of aliphatic hydroxyl groups excluding tert-OH is 1. The van der Waals surface area contributed by atoms with Gasteiger partial charge < -0.3 is 10.0 Å². The summed E-state index contributed by atoms with van der Waals surface area (Å²) in [6.45, 7) is 7.82. The van der Waals surface area contributed by atoms with Crippen molar-refractivity contribution in [2.45, 2.75) is 52.2 Å². The number of benzene rings is 1. The van der Waals surface area contributed by atoms with Gasteiger partial charge in [0.05, 0.1) is 6.10 Å². The Bertz CT molecular complexity index is 373. The number of anilines is 1. The first kappa shape index (κ1) is 13.4. The molecular formula is C16H25NO. The highest BCUT2D eigenvalue weighted by atomic mass is 16.3. The van der Waals surface area contributed by atoms with Gasteiger partial charge in [0.1, 0.15) is 0 Å². The molecule has 2 rings (SSSR count). The summed E-state index contributed by atoms with van der Waals surface area (Å²) in [7, 11) is 0. The third kappa shape index (κ3) is 2.69. The van der Waals surface area contributed by atoms with Crippen molar-refractivity contribution in [1.29, 1.82) is 0 Å². The third-order valence-electron chi connectivity index (χ3n) is 4.37. The van der Waals surface area contributed by atoms with Crippen LogP contribution >= 0.6 is 0 Å². The van der Waals surface area contributed by atoms with Crippen LogP contribution in [-0.2, 0) is 0 Å². The van der Waals surface area contributed by atoms with Gasteiger partial charge in [-0.2, -0.15) is 0 Å². The molecule has 18 heavy (non-hydrogen) atoms. The molecule has 0 amide bonds. The Balaban J connectivity index is 2.13. The first-order chi connectivity index (χ1) is 8.63. The van der Waals surface area contributed by atoms with Crippen LogP contribution in [0.3, 0.4) is 0 Å². The van der Waals surface area contributed by atoms with Gasteiger partial charge in [-0.15, -0.1) is 0 Å². The Labute approximate surface area is 111 Å². The summed E-state index contributed by atoms with van der Waals surface area (Å²) in [5.74, 6) is 0.764. The highest BCUT2D eigenvalue weighted by Gasteiger charge is 2.24. The van der Waals surface area contributed by atoms with Gasteiger partial charge in [0.15, 0.2) is 0 Å². The molecule has 1 saturated heterocycles. The van der Waals surface area contributed by atoms with E-state index in [2.05, 4.69) is 43.0 Å². The van der Waals surface area contributed by atoms with Crippen molar-refractivity contribution < 1.29 is 5.11 Å². The predicted molar refractivity (Wildman–Crippen MR) is 76.9 cm³/mol. The summed E-state index contributed by atoms with van der Waals surface area (Å²) in [5, 5.41) is 9.81. The number of rotatable bonds is 3. The third-order valence-corrected chi connectivity index (χ3v) is 4.37. The van der Waals surface area contributed by atoms with Crippen molar-refractivity contribution in [2.24, 2.45) is 5.92 Å². The summed E-state index contributed by atoms with van der Waals surface area (Å²) in [6, 6.07) is 9.05. The SMILES string of the molecule is CCC(O)c1ccc(N2CCCC(C)C2C)cc1. The Morgan fingerprint density at radius 1 is 1.28 bits per heavy atom. The molecule has 1 aliphatic rings. The van der Waals surface area contributed by atoms with E-state index in [0.717, 1.165) is 24.4 Å². The fourth-order valence-corrected chi connectivity index (χ4v) is 2.82. The topological polar surface area (TPSA) is 23.5 Å². The minimum absolute atomic E-state index is 0.322. The van der Waals surface area contributed by atoms with Gasteiger partial charge in [-0.1, -0.05) is 26.0 Å². The molecule has 0 bridgehead atoms. The van der Waals surface area contributed by atoms with E-state index in [1.165, 1.54) is 18.5 Å². The lowest BCUT2D eigenvalue weighted by Gasteiger charge is -2.39. The molecule has 100 valence electrons. The second-order valence-corrected chi connectivity index (χ2v) is 5.57. The van der Waals surface area contributed by atoms with E-state index < -0.39 is 0 Å². The summed E-state index contributed by atoms with van der Waals surface area (Å²) >= 11 is 0. The van der Waals surface area contributed by atoms with Gasteiger partial charge in [0, 0.05) is 18.3 Å². The molecule has 2 heteroatoms. The van der Waals surface area contributed by atoms with Crippen LogP contribution < -0.4 is 4.90 Å². The number of nitrogens with zero attached hydrogens (tertiary/aromatic N) is 1. The van der Waals surface area contributed by atoms with E-state index in [1.54, 1.807) is 0 Å². The second kappa shape index (κ2) is 5.75. The maximum absolute atomic E-state index is 9.81. The molecule has 1 aromatic rings. The molecular weight excluding hydrogens is 222 g/mol. The molecule has 0 aromatic heterocycles. The highest BCUT2D eigenvalue weighted by molar-refractivity contribution is 5.49. The lowest BCUT2D eigenvalue weighted by molar-refractivity contribution is 0.173. The van der Waals surface area contributed by atoms with E-state index in [0.29, 0.717) is 6.04 Å². The molecule has 3 unspecified atom stereocenters. The van der Waals surface area contributed by atoms with Crippen molar-refractivity contribution in [3.05, 3.63) is 29.8 Å². The molecule has 0 aliphatic carbocycles. The van der Waals surface area contributed by atoms with Gasteiger partial charge in [-0.05, 0) is 49.8 Å². The molecule has 3 atom stereocenters. The molecule has 0 saturated carbocycles. The van der Waals surface area contributed by atoms with Crippen LogP contribution in [0.15, 0.2) is 24.3 Å². The number of hydrogen-bond acceptors (Lipinski definition) is 2. The maximum atomic E-state index is 9.81. The van der Waals surface area contributed by atoms with Crippen molar-refractivity contribution in [1.82, 2.24) is 0 Å².